The second-order valence-corrected chi connectivity index (χ2v) is 10.0. The van der Waals surface area contributed by atoms with E-state index < -0.39 is 0 Å². The summed E-state index contributed by atoms with van der Waals surface area (Å²) in [6, 6.07) is 18.2. The van der Waals surface area contributed by atoms with Crippen LogP contribution in [0.4, 0.5) is 16.6 Å². The van der Waals surface area contributed by atoms with Crippen molar-refractivity contribution in [3.63, 3.8) is 0 Å². The second kappa shape index (κ2) is 9.45. The quantitative estimate of drug-likeness (QED) is 0.322. The second-order valence-electron chi connectivity index (χ2n) is 8.99. The van der Waals surface area contributed by atoms with E-state index >= 15 is 0 Å². The van der Waals surface area contributed by atoms with Crippen LogP contribution in [0.15, 0.2) is 54.6 Å². The fourth-order valence-electron chi connectivity index (χ4n) is 4.60. The number of rotatable bonds is 6. The predicted octanol–water partition coefficient (Wildman–Crippen LogP) is 5.66. The molecule has 2 aromatic carbocycles. The van der Waals surface area contributed by atoms with Crippen LogP contribution in [0.3, 0.4) is 0 Å². The van der Waals surface area contributed by atoms with E-state index in [1.165, 1.54) is 5.56 Å². The van der Waals surface area contributed by atoms with Crippen LogP contribution in [0.1, 0.15) is 55.6 Å². The van der Waals surface area contributed by atoms with E-state index in [-0.39, 0.29) is 12.0 Å². The summed E-state index contributed by atoms with van der Waals surface area (Å²) in [6.45, 7) is 2.22. The number of aliphatic hydroxyl groups is 1. The minimum Gasteiger partial charge on any atom is -0.399 e. The molecule has 5 rings (SSSR count). The van der Waals surface area contributed by atoms with Crippen LogP contribution >= 0.6 is 11.3 Å². The number of nitrogens with one attached hydrogen (secondary N) is 1. The van der Waals surface area contributed by atoms with Gasteiger partial charge < -0.3 is 16.2 Å². The highest BCUT2D eigenvalue weighted by Gasteiger charge is 2.27. The summed E-state index contributed by atoms with van der Waals surface area (Å²) in [6.07, 6.45) is 4.33. The molecule has 1 saturated carbocycles. The van der Waals surface area contributed by atoms with Crippen molar-refractivity contribution in [2.75, 3.05) is 11.1 Å². The number of benzene rings is 2. The van der Waals surface area contributed by atoms with Gasteiger partial charge in [0.05, 0.1) is 22.0 Å². The lowest BCUT2D eigenvalue weighted by Gasteiger charge is -2.29. The first-order valence-corrected chi connectivity index (χ1v) is 12.4. The molecule has 1 aliphatic rings. The molecule has 33 heavy (non-hydrogen) atoms. The monoisotopic (exact) mass is 459 g/mol. The standard InChI is InChI=1S/C26H29N5OS/c1-16(18-7-10-21(32)11-8-18)25-28-20(13-17-5-3-2-4-6-17)15-24(30-25)31-26-29-22-12-9-19(27)14-23(22)33-26/h2-6,9,12,14-16,18,21,32H,7-8,10-11,13,27H2,1H3,(H,28,29,30,31). The van der Waals surface area contributed by atoms with Crippen molar-refractivity contribution in [2.45, 2.75) is 51.0 Å². The van der Waals surface area contributed by atoms with Crippen LogP contribution in [-0.2, 0) is 6.42 Å². The third-order valence-electron chi connectivity index (χ3n) is 6.53. The largest absolute Gasteiger partial charge is 0.399 e. The van der Waals surface area contributed by atoms with E-state index in [2.05, 4.69) is 36.5 Å². The molecule has 0 radical (unpaired) electrons. The first-order valence-electron chi connectivity index (χ1n) is 11.6. The fourth-order valence-corrected chi connectivity index (χ4v) is 5.52. The molecule has 0 aliphatic heterocycles. The Morgan fingerprint density at radius 1 is 1.03 bits per heavy atom. The van der Waals surface area contributed by atoms with E-state index in [0.717, 1.165) is 70.5 Å². The van der Waals surface area contributed by atoms with Crippen molar-refractivity contribution in [1.82, 2.24) is 15.0 Å². The Kier molecular flexibility index (Phi) is 6.24. The van der Waals surface area contributed by atoms with Crippen LogP contribution < -0.4 is 11.1 Å². The van der Waals surface area contributed by atoms with Gasteiger partial charge in [-0.2, -0.15) is 0 Å². The van der Waals surface area contributed by atoms with E-state index in [1.807, 2.05) is 30.3 Å². The molecule has 4 aromatic rings. The summed E-state index contributed by atoms with van der Waals surface area (Å²) in [5.74, 6) is 2.33. The van der Waals surface area contributed by atoms with Crippen LogP contribution in [0, 0.1) is 5.92 Å². The minimum atomic E-state index is -0.163. The molecule has 0 amide bonds. The van der Waals surface area contributed by atoms with Gasteiger partial charge in [0.2, 0.25) is 0 Å². The van der Waals surface area contributed by atoms with Gasteiger partial charge >= 0.3 is 0 Å². The van der Waals surface area contributed by atoms with Crippen molar-refractivity contribution >= 4 is 38.2 Å². The molecule has 6 nitrogen and oxygen atoms in total. The number of thiazole rings is 1. The highest BCUT2D eigenvalue weighted by Crippen LogP contribution is 2.36. The van der Waals surface area contributed by atoms with Crippen molar-refractivity contribution < 1.29 is 5.11 Å². The highest BCUT2D eigenvalue weighted by molar-refractivity contribution is 7.22. The number of nitrogens with two attached hydrogens (primary N) is 1. The fraction of sp³-hybridized carbons (Fsp3) is 0.346. The van der Waals surface area contributed by atoms with Gasteiger partial charge in [0.25, 0.3) is 0 Å². The lowest BCUT2D eigenvalue weighted by molar-refractivity contribution is 0.102. The van der Waals surface area contributed by atoms with E-state index in [4.69, 9.17) is 20.7 Å². The topological polar surface area (TPSA) is 97.0 Å². The number of hydrogen-bond acceptors (Lipinski definition) is 7. The number of aromatic nitrogens is 3. The van der Waals surface area contributed by atoms with Crippen molar-refractivity contribution in [1.29, 1.82) is 0 Å². The number of anilines is 3. The van der Waals surface area contributed by atoms with E-state index in [9.17, 15) is 5.11 Å². The summed E-state index contributed by atoms with van der Waals surface area (Å²) in [4.78, 5) is 14.6. The molecule has 1 aliphatic carbocycles. The maximum absolute atomic E-state index is 9.92. The Bertz CT molecular complexity index is 1230. The maximum atomic E-state index is 9.92. The summed E-state index contributed by atoms with van der Waals surface area (Å²) >= 11 is 1.57. The molecular formula is C26H29N5OS. The molecular weight excluding hydrogens is 430 g/mol. The Labute approximate surface area is 197 Å². The number of fused-ring (bicyclic) bond motifs is 1. The Morgan fingerprint density at radius 2 is 1.82 bits per heavy atom. The molecule has 0 bridgehead atoms. The number of hydrogen-bond donors (Lipinski definition) is 3. The van der Waals surface area contributed by atoms with Crippen LogP contribution in [0.2, 0.25) is 0 Å². The van der Waals surface area contributed by atoms with Crippen LogP contribution in [0.5, 0.6) is 0 Å². The molecule has 7 heteroatoms. The molecule has 1 fully saturated rings. The van der Waals surface area contributed by atoms with Crippen LogP contribution in [0.25, 0.3) is 10.2 Å². The molecule has 0 spiro atoms. The third-order valence-corrected chi connectivity index (χ3v) is 7.46. The number of nitrogens with zero attached hydrogens (tertiary/aromatic N) is 3. The summed E-state index contributed by atoms with van der Waals surface area (Å²) in [7, 11) is 0. The normalized spacial score (nSPS) is 19.5. The van der Waals surface area contributed by atoms with Gasteiger partial charge in [-0.05, 0) is 55.4 Å². The van der Waals surface area contributed by atoms with Gasteiger partial charge in [-0.1, -0.05) is 48.6 Å². The average Bonchev–Trinajstić information content (AvgIpc) is 3.21. The zero-order valence-corrected chi connectivity index (χ0v) is 19.6. The van der Waals surface area contributed by atoms with Crippen molar-refractivity contribution in [2.24, 2.45) is 5.92 Å². The molecule has 0 saturated heterocycles. The predicted molar refractivity (Wildman–Crippen MR) is 135 cm³/mol. The van der Waals surface area contributed by atoms with Crippen molar-refractivity contribution in [3.05, 3.63) is 71.7 Å². The van der Waals surface area contributed by atoms with Gasteiger partial charge in [0.1, 0.15) is 11.6 Å². The molecule has 2 aromatic heterocycles. The number of aliphatic hydroxyl groups excluding tert-OH is 1. The lowest BCUT2D eigenvalue weighted by Crippen LogP contribution is -2.23. The SMILES string of the molecule is CC(c1nc(Cc2ccccc2)cc(Nc2nc3ccc(N)cc3s2)n1)C1CCC(O)CC1. The Morgan fingerprint density at radius 3 is 2.61 bits per heavy atom. The average molecular weight is 460 g/mol. The van der Waals surface area contributed by atoms with Gasteiger partial charge in [-0.3, -0.25) is 0 Å². The Balaban J connectivity index is 1.45. The van der Waals surface area contributed by atoms with E-state index in [0.29, 0.717) is 5.92 Å². The highest BCUT2D eigenvalue weighted by atomic mass is 32.1. The first-order chi connectivity index (χ1) is 16.0. The van der Waals surface area contributed by atoms with E-state index in [1.54, 1.807) is 11.3 Å². The number of nitrogen functional groups attached to an aromatic ring is 1. The summed E-state index contributed by atoms with van der Waals surface area (Å²) in [5, 5.41) is 14.1. The Hall–Kier alpha value is -3.03. The molecule has 4 N–H and O–H groups in total. The third kappa shape index (κ3) is 5.15. The zero-order valence-electron chi connectivity index (χ0n) is 18.7. The first kappa shape index (κ1) is 21.8. The molecule has 170 valence electrons. The summed E-state index contributed by atoms with van der Waals surface area (Å²) in [5.41, 5.74) is 9.80. The smallest absolute Gasteiger partial charge is 0.189 e. The molecule has 1 atom stereocenters. The minimum absolute atomic E-state index is 0.163. The van der Waals surface area contributed by atoms with Gasteiger partial charge in [-0.25, -0.2) is 15.0 Å². The van der Waals surface area contributed by atoms with Gasteiger partial charge in [0.15, 0.2) is 5.13 Å². The molecule has 2 heterocycles. The lowest BCUT2D eigenvalue weighted by atomic mass is 9.79. The van der Waals surface area contributed by atoms with Gasteiger partial charge in [0, 0.05) is 24.1 Å². The molecule has 1 unspecified atom stereocenters. The summed E-state index contributed by atoms with van der Waals surface area (Å²) < 4.78 is 1.05. The van der Waals surface area contributed by atoms with Crippen molar-refractivity contribution in [3.8, 4) is 0 Å². The van der Waals surface area contributed by atoms with Crippen LogP contribution in [-0.4, -0.2) is 26.2 Å². The van der Waals surface area contributed by atoms with Gasteiger partial charge in [-0.15, -0.1) is 0 Å². The zero-order chi connectivity index (χ0) is 22.8. The maximum Gasteiger partial charge on any atom is 0.189 e.